The fourth-order valence-electron chi connectivity index (χ4n) is 3.95. The van der Waals surface area contributed by atoms with Gasteiger partial charge in [0.15, 0.2) is 0 Å². The van der Waals surface area contributed by atoms with Crippen LogP contribution in [-0.2, 0) is 26.2 Å². The second-order valence-corrected chi connectivity index (χ2v) is 7.27. The van der Waals surface area contributed by atoms with Crippen molar-refractivity contribution in [2.24, 2.45) is 5.92 Å². The number of hydrogen-bond acceptors (Lipinski definition) is 1. The van der Waals surface area contributed by atoms with Gasteiger partial charge in [0.1, 0.15) is 0 Å². The Morgan fingerprint density at radius 3 is 2.64 bits per heavy atom. The van der Waals surface area contributed by atoms with Crippen molar-refractivity contribution in [1.82, 2.24) is 0 Å². The van der Waals surface area contributed by atoms with Gasteiger partial charge in [-0.25, -0.2) is 0 Å². The van der Waals surface area contributed by atoms with Crippen LogP contribution in [-0.4, -0.2) is 0 Å². The average Bonchev–Trinajstić information content (AvgIpc) is 3.32. The van der Waals surface area contributed by atoms with Gasteiger partial charge in [-0.1, -0.05) is 66.6 Å². The summed E-state index contributed by atoms with van der Waals surface area (Å²) in [5, 5.41) is 9.83. The molecule has 25 heavy (non-hydrogen) atoms. The smallest absolute Gasteiger partial charge is 0 e. The van der Waals surface area contributed by atoms with Crippen molar-refractivity contribution in [3.8, 4) is 0 Å². The summed E-state index contributed by atoms with van der Waals surface area (Å²) in [6, 6.07) is 20.0. The molecule has 0 fully saturated rings. The van der Waals surface area contributed by atoms with Crippen molar-refractivity contribution >= 4 is 44.0 Å². The molecule has 0 amide bonds. The number of hydrogen-bond donors (Lipinski definition) is 0. The van der Waals surface area contributed by atoms with Gasteiger partial charge in [0, 0.05) is 26.2 Å². The zero-order chi connectivity index (χ0) is 16.1. The molecule has 1 aromatic heterocycles. The quantitative estimate of drug-likeness (QED) is 0.312. The summed E-state index contributed by atoms with van der Waals surface area (Å²) in [7, 11) is 0. The van der Waals surface area contributed by atoms with Crippen molar-refractivity contribution in [1.29, 1.82) is 0 Å². The molecule has 0 spiro atoms. The molecule has 5 rings (SSSR count). The van der Waals surface area contributed by atoms with E-state index in [4.69, 9.17) is 0 Å². The van der Waals surface area contributed by atoms with Gasteiger partial charge in [0.05, 0.1) is 0 Å². The van der Waals surface area contributed by atoms with E-state index in [1.165, 1.54) is 43.8 Å². The van der Waals surface area contributed by atoms with E-state index in [2.05, 4.69) is 84.4 Å². The minimum atomic E-state index is 0. The number of allylic oxidation sites excluding steroid dienone is 4. The van der Waals surface area contributed by atoms with Gasteiger partial charge < -0.3 is 0 Å². The SMILES string of the molecule is CC1C=CC(c2ccsc2)=C1c1cccc2c1[cH-]c1ccccc12.[Zr]. The molecule has 3 aromatic carbocycles. The maximum Gasteiger partial charge on any atom is 0 e. The van der Waals surface area contributed by atoms with Crippen LogP contribution in [0.1, 0.15) is 18.1 Å². The molecule has 0 radical (unpaired) electrons. The number of thiophene rings is 1. The Kier molecular flexibility index (Phi) is 4.44. The summed E-state index contributed by atoms with van der Waals surface area (Å²) in [5.74, 6) is 0.448. The minimum absolute atomic E-state index is 0. The number of benzene rings is 2. The molecule has 0 saturated carbocycles. The van der Waals surface area contributed by atoms with Crippen LogP contribution in [0.3, 0.4) is 0 Å². The number of rotatable bonds is 2. The van der Waals surface area contributed by atoms with Gasteiger partial charge in [-0.05, 0) is 33.9 Å². The van der Waals surface area contributed by atoms with E-state index in [1.54, 1.807) is 11.3 Å². The third-order valence-electron chi connectivity index (χ3n) is 5.08. The fourth-order valence-corrected chi connectivity index (χ4v) is 4.60. The maximum absolute atomic E-state index is 2.35. The normalized spacial score (nSPS) is 16.8. The molecule has 0 saturated heterocycles. The largest absolute Gasteiger partial charge is 0.152 e. The average molecular weight is 417 g/mol. The van der Waals surface area contributed by atoms with Gasteiger partial charge in [0.2, 0.25) is 0 Å². The second kappa shape index (κ2) is 6.59. The first kappa shape index (κ1) is 16.8. The predicted molar refractivity (Wildman–Crippen MR) is 106 cm³/mol. The molecular weight excluding hydrogens is 400 g/mol. The van der Waals surface area contributed by atoms with Crippen LogP contribution in [0.4, 0.5) is 0 Å². The number of fused-ring (bicyclic) bond motifs is 3. The van der Waals surface area contributed by atoms with Crippen LogP contribution in [0.2, 0.25) is 0 Å². The Morgan fingerprint density at radius 1 is 0.960 bits per heavy atom. The molecule has 1 heterocycles. The Labute approximate surface area is 171 Å². The minimum Gasteiger partial charge on any atom is -0.152 e. The summed E-state index contributed by atoms with van der Waals surface area (Å²) in [4.78, 5) is 0. The van der Waals surface area contributed by atoms with Crippen LogP contribution in [0.5, 0.6) is 0 Å². The first-order valence-electron chi connectivity index (χ1n) is 8.35. The van der Waals surface area contributed by atoms with Crippen LogP contribution in [0.25, 0.3) is 32.7 Å². The molecule has 0 N–H and O–H groups in total. The van der Waals surface area contributed by atoms with Gasteiger partial charge in [-0.15, -0.1) is 33.7 Å². The van der Waals surface area contributed by atoms with Crippen molar-refractivity contribution in [3.05, 3.63) is 88.6 Å². The predicted octanol–water partition coefficient (Wildman–Crippen LogP) is 6.89. The molecule has 1 aliphatic carbocycles. The fraction of sp³-hybridized carbons (Fsp3) is 0.0870. The van der Waals surface area contributed by atoms with E-state index < -0.39 is 0 Å². The third kappa shape index (κ3) is 2.63. The Balaban J connectivity index is 0.00000157. The summed E-state index contributed by atoms with van der Waals surface area (Å²) in [6.45, 7) is 2.30. The molecule has 2 heteroatoms. The van der Waals surface area contributed by atoms with E-state index >= 15 is 0 Å². The van der Waals surface area contributed by atoms with Crippen LogP contribution in [0.15, 0.2) is 77.5 Å². The zero-order valence-corrected chi connectivity index (χ0v) is 17.3. The van der Waals surface area contributed by atoms with Crippen LogP contribution >= 0.6 is 11.3 Å². The van der Waals surface area contributed by atoms with Crippen molar-refractivity contribution in [3.63, 3.8) is 0 Å². The third-order valence-corrected chi connectivity index (χ3v) is 5.76. The van der Waals surface area contributed by atoms with Gasteiger partial charge in [0.25, 0.3) is 0 Å². The van der Waals surface area contributed by atoms with Crippen molar-refractivity contribution in [2.45, 2.75) is 6.92 Å². The molecule has 1 atom stereocenters. The van der Waals surface area contributed by atoms with E-state index in [0.29, 0.717) is 5.92 Å². The Hall–Kier alpha value is -1.63. The summed E-state index contributed by atoms with van der Waals surface area (Å²) in [6.07, 6.45) is 4.62. The molecule has 0 nitrogen and oxygen atoms in total. The molecule has 0 aliphatic heterocycles. The maximum atomic E-state index is 2.35. The summed E-state index contributed by atoms with van der Waals surface area (Å²) >= 11 is 1.76. The van der Waals surface area contributed by atoms with Crippen LogP contribution < -0.4 is 0 Å². The summed E-state index contributed by atoms with van der Waals surface area (Å²) in [5.41, 5.74) is 5.54. The molecular formula is C23H17SZr-. The topological polar surface area (TPSA) is 0 Å². The molecule has 0 bridgehead atoms. The van der Waals surface area contributed by atoms with Crippen molar-refractivity contribution in [2.75, 3.05) is 0 Å². The van der Waals surface area contributed by atoms with E-state index in [9.17, 15) is 0 Å². The van der Waals surface area contributed by atoms with E-state index in [0.717, 1.165) is 0 Å². The first-order valence-corrected chi connectivity index (χ1v) is 9.29. The summed E-state index contributed by atoms with van der Waals surface area (Å²) < 4.78 is 0. The Morgan fingerprint density at radius 2 is 1.80 bits per heavy atom. The molecule has 1 aliphatic rings. The standard InChI is InChI=1S/C23H17S.Zr/c1-15-9-10-19(17-11-12-24-14-17)23(15)21-8-4-7-20-18-6-3-2-5-16(18)13-22(20)21;/h2-15H,1H3;/q-1;. The van der Waals surface area contributed by atoms with E-state index in [1.807, 2.05) is 0 Å². The van der Waals surface area contributed by atoms with E-state index in [-0.39, 0.29) is 26.2 Å². The van der Waals surface area contributed by atoms with Gasteiger partial charge in [-0.3, -0.25) is 0 Å². The molecule has 4 aromatic rings. The Bertz CT molecular complexity index is 1110. The van der Waals surface area contributed by atoms with Crippen molar-refractivity contribution < 1.29 is 26.2 Å². The first-order chi connectivity index (χ1) is 11.8. The molecule has 120 valence electrons. The van der Waals surface area contributed by atoms with Gasteiger partial charge in [-0.2, -0.15) is 11.3 Å². The molecule has 1 unspecified atom stereocenters. The van der Waals surface area contributed by atoms with Crippen LogP contribution in [0, 0.1) is 5.92 Å². The van der Waals surface area contributed by atoms with Gasteiger partial charge >= 0.3 is 0 Å². The monoisotopic (exact) mass is 415 g/mol. The zero-order valence-electron chi connectivity index (χ0n) is 14.0. The second-order valence-electron chi connectivity index (χ2n) is 6.49.